The molecule has 0 bridgehead atoms. The van der Waals surface area contributed by atoms with Gasteiger partial charge in [0.15, 0.2) is 18.1 Å². The van der Waals surface area contributed by atoms with Gasteiger partial charge in [-0.25, -0.2) is 5.43 Å². The van der Waals surface area contributed by atoms with Crippen LogP contribution in [0.2, 0.25) is 0 Å². The average molecular weight is 489 g/mol. The number of fused-ring (bicyclic) bond motifs is 1. The summed E-state index contributed by atoms with van der Waals surface area (Å²) in [6, 6.07) is 21.6. The van der Waals surface area contributed by atoms with Crippen LogP contribution in [0.5, 0.6) is 17.2 Å². The molecule has 0 atom stereocenters. The molecule has 0 spiro atoms. The number of nitrogens with one attached hydrogen (secondary N) is 3. The lowest BCUT2D eigenvalue weighted by molar-refractivity contribution is -0.139. The summed E-state index contributed by atoms with van der Waals surface area (Å²) in [6.07, 6.45) is 1.33. The van der Waals surface area contributed by atoms with E-state index < -0.39 is 11.8 Å². The Kier molecular flexibility index (Phi) is 8.10. The fourth-order valence-corrected chi connectivity index (χ4v) is 3.23. The van der Waals surface area contributed by atoms with Gasteiger partial charge in [-0.15, -0.1) is 0 Å². The van der Waals surface area contributed by atoms with Crippen LogP contribution in [-0.4, -0.2) is 37.3 Å². The third-order valence-corrected chi connectivity index (χ3v) is 5.08. The van der Waals surface area contributed by atoms with Gasteiger partial charge in [0.2, 0.25) is 6.79 Å². The number of hydrazone groups is 1. The monoisotopic (exact) mass is 488 g/mol. The van der Waals surface area contributed by atoms with Crippen molar-refractivity contribution in [2.75, 3.05) is 13.4 Å². The summed E-state index contributed by atoms with van der Waals surface area (Å²) >= 11 is 0. The molecule has 3 aromatic carbocycles. The molecule has 3 amide bonds. The molecule has 0 radical (unpaired) electrons. The minimum Gasteiger partial charge on any atom is -0.483 e. The van der Waals surface area contributed by atoms with Crippen molar-refractivity contribution >= 4 is 23.9 Å². The summed E-state index contributed by atoms with van der Waals surface area (Å²) in [4.78, 5) is 36.3. The van der Waals surface area contributed by atoms with E-state index in [4.69, 9.17) is 14.2 Å². The van der Waals surface area contributed by atoms with Gasteiger partial charge >= 0.3 is 11.8 Å². The number of hydrogen-bond donors (Lipinski definition) is 3. The van der Waals surface area contributed by atoms with E-state index in [0.717, 1.165) is 11.1 Å². The van der Waals surface area contributed by atoms with E-state index in [0.29, 0.717) is 29.4 Å². The lowest BCUT2D eigenvalue weighted by Crippen LogP contribution is -2.37. The zero-order valence-electron chi connectivity index (χ0n) is 19.2. The standard InChI is InChI=1S/C26H24N4O6/c31-24(27-13-18-6-2-1-3-7-18)16-34-21-9-5-4-8-20(21)15-29-30-26(33)25(32)28-14-19-10-11-22-23(12-19)36-17-35-22/h1-12,15H,13-14,16-17H2,(H,27,31)(H,28,32)(H,30,33)/b29-15-. The third kappa shape index (κ3) is 6.83. The molecule has 1 heterocycles. The van der Waals surface area contributed by atoms with Crippen molar-refractivity contribution in [3.05, 3.63) is 89.5 Å². The van der Waals surface area contributed by atoms with E-state index >= 15 is 0 Å². The second-order valence-electron chi connectivity index (χ2n) is 7.66. The molecule has 0 unspecified atom stereocenters. The highest BCUT2D eigenvalue weighted by molar-refractivity contribution is 6.35. The number of para-hydroxylation sites is 1. The molecular weight excluding hydrogens is 464 g/mol. The lowest BCUT2D eigenvalue weighted by Gasteiger charge is -2.09. The minimum atomic E-state index is -0.925. The van der Waals surface area contributed by atoms with Gasteiger partial charge in [0.05, 0.1) is 6.21 Å². The Balaban J connectivity index is 1.22. The van der Waals surface area contributed by atoms with Crippen LogP contribution in [0.15, 0.2) is 77.9 Å². The summed E-state index contributed by atoms with van der Waals surface area (Å²) in [5, 5.41) is 9.13. The average Bonchev–Trinajstić information content (AvgIpc) is 3.38. The van der Waals surface area contributed by atoms with Crippen molar-refractivity contribution < 1.29 is 28.6 Å². The molecule has 0 aromatic heterocycles. The highest BCUT2D eigenvalue weighted by Crippen LogP contribution is 2.32. The number of rotatable bonds is 9. The Morgan fingerprint density at radius 3 is 2.44 bits per heavy atom. The predicted molar refractivity (Wildman–Crippen MR) is 130 cm³/mol. The number of ether oxygens (including phenoxy) is 3. The van der Waals surface area contributed by atoms with Crippen molar-refractivity contribution in [2.45, 2.75) is 13.1 Å². The largest absolute Gasteiger partial charge is 0.483 e. The van der Waals surface area contributed by atoms with Gasteiger partial charge < -0.3 is 24.8 Å². The van der Waals surface area contributed by atoms with Crippen LogP contribution < -0.4 is 30.3 Å². The SMILES string of the molecule is O=C(COc1ccccc1/C=N\NC(=O)C(=O)NCc1ccc2c(c1)OCO2)NCc1ccccc1. The summed E-state index contributed by atoms with van der Waals surface area (Å²) in [5.41, 5.74) is 4.43. The van der Waals surface area contributed by atoms with Crippen LogP contribution in [-0.2, 0) is 27.5 Å². The van der Waals surface area contributed by atoms with Crippen LogP contribution >= 0.6 is 0 Å². The molecule has 1 aliphatic heterocycles. The Labute approximate surface area is 207 Å². The molecule has 10 nitrogen and oxygen atoms in total. The second kappa shape index (κ2) is 12.0. The maximum absolute atomic E-state index is 12.1. The molecule has 0 aliphatic carbocycles. The first-order valence-electron chi connectivity index (χ1n) is 11.1. The van der Waals surface area contributed by atoms with Crippen LogP contribution in [0.3, 0.4) is 0 Å². The van der Waals surface area contributed by atoms with Crippen molar-refractivity contribution in [1.29, 1.82) is 0 Å². The fraction of sp³-hybridized carbons (Fsp3) is 0.154. The Hall–Kier alpha value is -4.86. The van der Waals surface area contributed by atoms with E-state index in [9.17, 15) is 14.4 Å². The Morgan fingerprint density at radius 1 is 0.833 bits per heavy atom. The molecule has 0 saturated heterocycles. The molecule has 10 heteroatoms. The van der Waals surface area contributed by atoms with Crippen LogP contribution in [0, 0.1) is 0 Å². The molecule has 36 heavy (non-hydrogen) atoms. The number of hydrogen-bond acceptors (Lipinski definition) is 7. The number of nitrogens with zero attached hydrogens (tertiary/aromatic N) is 1. The van der Waals surface area contributed by atoms with Crippen molar-refractivity contribution in [3.63, 3.8) is 0 Å². The van der Waals surface area contributed by atoms with Gasteiger partial charge in [0.1, 0.15) is 5.75 Å². The second-order valence-corrected chi connectivity index (χ2v) is 7.66. The number of carbonyl (C=O) groups is 3. The van der Waals surface area contributed by atoms with E-state index in [1.807, 2.05) is 30.3 Å². The first-order valence-corrected chi connectivity index (χ1v) is 11.1. The molecule has 184 valence electrons. The molecule has 3 aromatic rings. The molecular formula is C26H24N4O6. The molecule has 1 aliphatic rings. The Bertz CT molecular complexity index is 1260. The highest BCUT2D eigenvalue weighted by atomic mass is 16.7. The molecule has 3 N–H and O–H groups in total. The summed E-state index contributed by atoms with van der Waals surface area (Å²) in [7, 11) is 0. The summed E-state index contributed by atoms with van der Waals surface area (Å²) < 4.78 is 16.1. The summed E-state index contributed by atoms with van der Waals surface area (Å²) in [6.45, 7) is 0.498. The normalized spacial score (nSPS) is 11.7. The van der Waals surface area contributed by atoms with E-state index in [2.05, 4.69) is 21.2 Å². The van der Waals surface area contributed by atoms with Crippen LogP contribution in [0.4, 0.5) is 0 Å². The quantitative estimate of drug-likeness (QED) is 0.240. The van der Waals surface area contributed by atoms with Gasteiger partial charge in [-0.05, 0) is 35.4 Å². The van der Waals surface area contributed by atoms with E-state index in [1.165, 1.54) is 6.21 Å². The first-order chi connectivity index (χ1) is 17.6. The zero-order chi connectivity index (χ0) is 25.2. The lowest BCUT2D eigenvalue weighted by atomic mass is 10.2. The van der Waals surface area contributed by atoms with E-state index in [1.54, 1.807) is 42.5 Å². The maximum atomic E-state index is 12.1. The Morgan fingerprint density at radius 2 is 1.58 bits per heavy atom. The van der Waals surface area contributed by atoms with Gasteiger partial charge in [0.25, 0.3) is 5.91 Å². The molecule has 4 rings (SSSR count). The fourth-order valence-electron chi connectivity index (χ4n) is 3.23. The highest BCUT2D eigenvalue weighted by Gasteiger charge is 2.15. The van der Waals surface area contributed by atoms with E-state index in [-0.39, 0.29) is 25.9 Å². The summed E-state index contributed by atoms with van der Waals surface area (Å²) in [5.74, 6) is -0.426. The van der Waals surface area contributed by atoms with Gasteiger partial charge in [-0.1, -0.05) is 48.5 Å². The smallest absolute Gasteiger partial charge is 0.329 e. The van der Waals surface area contributed by atoms with Crippen molar-refractivity contribution in [1.82, 2.24) is 16.1 Å². The topological polar surface area (TPSA) is 127 Å². The van der Waals surface area contributed by atoms with Gasteiger partial charge in [-0.2, -0.15) is 5.10 Å². The third-order valence-electron chi connectivity index (χ3n) is 5.08. The number of benzene rings is 3. The van der Waals surface area contributed by atoms with Crippen LogP contribution in [0.1, 0.15) is 16.7 Å². The van der Waals surface area contributed by atoms with Crippen molar-refractivity contribution in [3.8, 4) is 17.2 Å². The van der Waals surface area contributed by atoms with Crippen molar-refractivity contribution in [2.24, 2.45) is 5.10 Å². The molecule has 0 saturated carbocycles. The first kappa shape index (κ1) is 24.3. The van der Waals surface area contributed by atoms with Gasteiger partial charge in [0, 0.05) is 18.7 Å². The predicted octanol–water partition coefficient (Wildman–Crippen LogP) is 1.88. The zero-order valence-corrected chi connectivity index (χ0v) is 19.2. The molecule has 0 fully saturated rings. The van der Waals surface area contributed by atoms with Crippen LogP contribution in [0.25, 0.3) is 0 Å². The number of amides is 3. The minimum absolute atomic E-state index is 0.135. The number of carbonyl (C=O) groups excluding carboxylic acids is 3. The maximum Gasteiger partial charge on any atom is 0.329 e. The van der Waals surface area contributed by atoms with Gasteiger partial charge in [-0.3, -0.25) is 14.4 Å².